The highest BCUT2D eigenvalue weighted by Gasteiger charge is 2.08. The van der Waals surface area contributed by atoms with Gasteiger partial charge in [-0.2, -0.15) is 5.26 Å². The Labute approximate surface area is 122 Å². The van der Waals surface area contributed by atoms with Crippen LogP contribution in [0.25, 0.3) is 0 Å². The normalized spacial score (nSPS) is 10.1. The summed E-state index contributed by atoms with van der Waals surface area (Å²) >= 11 is 12.0. The number of ether oxygens (including phenoxy) is 1. The molecular weight excluding hydrogens is 281 g/mol. The predicted octanol–water partition coefficient (Wildman–Crippen LogP) is 5.27. The molecule has 2 aromatic rings. The van der Waals surface area contributed by atoms with E-state index in [4.69, 9.17) is 33.2 Å². The van der Waals surface area contributed by atoms with E-state index in [2.05, 4.69) is 0 Å². The molecule has 0 aliphatic heterocycles. The number of rotatable bonds is 2. The van der Waals surface area contributed by atoms with Crippen LogP contribution < -0.4 is 4.74 Å². The fourth-order valence-corrected chi connectivity index (χ4v) is 2.37. The van der Waals surface area contributed by atoms with E-state index in [-0.39, 0.29) is 0 Å². The Morgan fingerprint density at radius 1 is 1.05 bits per heavy atom. The van der Waals surface area contributed by atoms with Gasteiger partial charge >= 0.3 is 0 Å². The molecule has 4 heteroatoms. The number of hydrogen-bond acceptors (Lipinski definition) is 2. The van der Waals surface area contributed by atoms with Gasteiger partial charge in [0, 0.05) is 11.1 Å². The molecule has 0 saturated carbocycles. The van der Waals surface area contributed by atoms with Gasteiger partial charge in [-0.3, -0.25) is 0 Å². The molecule has 0 aromatic heterocycles. The van der Waals surface area contributed by atoms with E-state index in [0.717, 1.165) is 16.9 Å². The van der Waals surface area contributed by atoms with Gasteiger partial charge in [-0.1, -0.05) is 23.2 Å². The Bertz CT molecular complexity index is 651. The minimum absolute atomic E-state index is 0.379. The van der Waals surface area contributed by atoms with Crippen LogP contribution in [0, 0.1) is 25.2 Å². The Morgan fingerprint density at radius 2 is 1.68 bits per heavy atom. The zero-order valence-corrected chi connectivity index (χ0v) is 12.0. The Hall–Kier alpha value is -1.69. The number of hydrogen-bond donors (Lipinski definition) is 0. The SMILES string of the molecule is Cc1cc(Cl)cc(C)c1Oc1ccc(C#N)c(Cl)c1. The number of nitrogens with zero attached hydrogens (tertiary/aromatic N) is 1. The molecule has 0 radical (unpaired) electrons. The number of nitriles is 1. The summed E-state index contributed by atoms with van der Waals surface area (Å²) in [6, 6.07) is 10.7. The van der Waals surface area contributed by atoms with Crippen LogP contribution in [0.15, 0.2) is 30.3 Å². The molecule has 0 N–H and O–H groups in total. The lowest BCUT2D eigenvalue weighted by atomic mass is 10.1. The third-order valence-corrected chi connectivity index (χ3v) is 3.24. The molecule has 2 nitrogen and oxygen atoms in total. The van der Waals surface area contributed by atoms with Crippen LogP contribution in [-0.4, -0.2) is 0 Å². The molecule has 96 valence electrons. The molecule has 0 spiro atoms. The molecule has 0 fully saturated rings. The van der Waals surface area contributed by atoms with Crippen LogP contribution in [0.1, 0.15) is 16.7 Å². The van der Waals surface area contributed by atoms with Gasteiger partial charge in [-0.05, 0) is 49.2 Å². The average Bonchev–Trinajstić information content (AvgIpc) is 2.34. The zero-order chi connectivity index (χ0) is 14.0. The predicted molar refractivity (Wildman–Crippen MR) is 77.2 cm³/mol. The average molecular weight is 292 g/mol. The van der Waals surface area contributed by atoms with Crippen LogP contribution in [-0.2, 0) is 0 Å². The van der Waals surface area contributed by atoms with Crippen LogP contribution >= 0.6 is 23.2 Å². The van der Waals surface area contributed by atoms with Crippen molar-refractivity contribution < 1.29 is 4.74 Å². The first kappa shape index (κ1) is 13.7. The monoisotopic (exact) mass is 291 g/mol. The van der Waals surface area contributed by atoms with Gasteiger partial charge in [-0.15, -0.1) is 0 Å². The zero-order valence-electron chi connectivity index (χ0n) is 10.5. The van der Waals surface area contributed by atoms with Crippen molar-refractivity contribution in [3.8, 4) is 17.6 Å². The molecule has 2 aromatic carbocycles. The second-order valence-electron chi connectivity index (χ2n) is 4.22. The summed E-state index contributed by atoms with van der Waals surface area (Å²) in [6.07, 6.45) is 0. The van der Waals surface area contributed by atoms with Crippen molar-refractivity contribution in [3.63, 3.8) is 0 Å². The van der Waals surface area contributed by atoms with E-state index in [0.29, 0.717) is 21.4 Å². The highest BCUT2D eigenvalue weighted by Crippen LogP contribution is 2.32. The van der Waals surface area contributed by atoms with E-state index in [1.54, 1.807) is 18.2 Å². The third kappa shape index (κ3) is 3.01. The molecule has 19 heavy (non-hydrogen) atoms. The maximum absolute atomic E-state index is 8.83. The summed E-state index contributed by atoms with van der Waals surface area (Å²) < 4.78 is 5.82. The first-order valence-electron chi connectivity index (χ1n) is 5.65. The number of halogens is 2. The second-order valence-corrected chi connectivity index (χ2v) is 5.07. The van der Waals surface area contributed by atoms with Gasteiger partial charge in [-0.25, -0.2) is 0 Å². The van der Waals surface area contributed by atoms with Gasteiger partial charge in [0.2, 0.25) is 0 Å². The van der Waals surface area contributed by atoms with Crippen molar-refractivity contribution in [1.82, 2.24) is 0 Å². The molecule has 0 atom stereocenters. The molecular formula is C15H11Cl2NO. The Kier molecular flexibility index (Phi) is 3.99. The van der Waals surface area contributed by atoms with E-state index >= 15 is 0 Å². The highest BCUT2D eigenvalue weighted by atomic mass is 35.5. The lowest BCUT2D eigenvalue weighted by molar-refractivity contribution is 0.475. The lowest BCUT2D eigenvalue weighted by Crippen LogP contribution is -1.92. The van der Waals surface area contributed by atoms with Crippen molar-refractivity contribution in [1.29, 1.82) is 5.26 Å². The van der Waals surface area contributed by atoms with E-state index in [1.807, 2.05) is 32.0 Å². The molecule has 2 rings (SSSR count). The maximum atomic E-state index is 8.83. The minimum Gasteiger partial charge on any atom is -0.457 e. The quantitative estimate of drug-likeness (QED) is 0.755. The second kappa shape index (κ2) is 5.52. The van der Waals surface area contributed by atoms with Crippen LogP contribution in [0.2, 0.25) is 10.0 Å². The minimum atomic E-state index is 0.379. The summed E-state index contributed by atoms with van der Waals surface area (Å²) in [5, 5.41) is 9.89. The summed E-state index contributed by atoms with van der Waals surface area (Å²) in [5.41, 5.74) is 2.33. The van der Waals surface area contributed by atoms with Crippen molar-refractivity contribution in [2.24, 2.45) is 0 Å². The van der Waals surface area contributed by atoms with Gasteiger partial charge in [0.1, 0.15) is 17.6 Å². The molecule has 0 aliphatic rings. The summed E-state index contributed by atoms with van der Waals surface area (Å²) in [4.78, 5) is 0. The topological polar surface area (TPSA) is 33.0 Å². The van der Waals surface area contributed by atoms with Crippen LogP contribution in [0.4, 0.5) is 0 Å². The largest absolute Gasteiger partial charge is 0.457 e. The Morgan fingerprint density at radius 3 is 2.21 bits per heavy atom. The molecule has 0 unspecified atom stereocenters. The Balaban J connectivity index is 2.37. The van der Waals surface area contributed by atoms with Gasteiger partial charge in [0.25, 0.3) is 0 Å². The van der Waals surface area contributed by atoms with E-state index < -0.39 is 0 Å². The van der Waals surface area contributed by atoms with Crippen molar-refractivity contribution in [2.45, 2.75) is 13.8 Å². The highest BCUT2D eigenvalue weighted by molar-refractivity contribution is 6.32. The van der Waals surface area contributed by atoms with Crippen molar-refractivity contribution in [3.05, 3.63) is 57.1 Å². The first-order valence-corrected chi connectivity index (χ1v) is 6.41. The summed E-state index contributed by atoms with van der Waals surface area (Å²) in [5.74, 6) is 1.35. The molecule has 0 amide bonds. The van der Waals surface area contributed by atoms with Crippen molar-refractivity contribution >= 4 is 23.2 Å². The van der Waals surface area contributed by atoms with E-state index in [9.17, 15) is 0 Å². The van der Waals surface area contributed by atoms with Crippen LogP contribution in [0.3, 0.4) is 0 Å². The van der Waals surface area contributed by atoms with E-state index in [1.165, 1.54) is 0 Å². The smallest absolute Gasteiger partial charge is 0.133 e. The molecule has 0 heterocycles. The fraction of sp³-hybridized carbons (Fsp3) is 0.133. The third-order valence-electron chi connectivity index (χ3n) is 2.71. The van der Waals surface area contributed by atoms with Gasteiger partial charge in [0.15, 0.2) is 0 Å². The molecule has 0 bridgehead atoms. The fourth-order valence-electron chi connectivity index (χ4n) is 1.83. The number of aryl methyl sites for hydroxylation is 2. The lowest BCUT2D eigenvalue weighted by Gasteiger charge is -2.12. The van der Waals surface area contributed by atoms with Gasteiger partial charge in [0.05, 0.1) is 10.6 Å². The van der Waals surface area contributed by atoms with Crippen molar-refractivity contribution in [2.75, 3.05) is 0 Å². The summed E-state index contributed by atoms with van der Waals surface area (Å²) in [6.45, 7) is 3.86. The number of benzene rings is 2. The standard InChI is InChI=1S/C15H11Cl2NO/c1-9-5-12(16)6-10(2)15(9)19-13-4-3-11(8-18)14(17)7-13/h3-7H,1-2H3. The molecule has 0 aliphatic carbocycles. The van der Waals surface area contributed by atoms with Crippen LogP contribution in [0.5, 0.6) is 11.5 Å². The maximum Gasteiger partial charge on any atom is 0.133 e. The summed E-state index contributed by atoms with van der Waals surface area (Å²) in [7, 11) is 0. The first-order chi connectivity index (χ1) is 9.01. The molecule has 0 saturated heterocycles. The van der Waals surface area contributed by atoms with Gasteiger partial charge < -0.3 is 4.74 Å².